The highest BCUT2D eigenvalue weighted by Crippen LogP contribution is 2.20. The molecule has 18 heavy (non-hydrogen) atoms. The molecular weight excluding hydrogens is 256 g/mol. The fourth-order valence-electron chi connectivity index (χ4n) is 1.64. The molecule has 2 nitrogen and oxygen atoms in total. The van der Waals surface area contributed by atoms with Crippen molar-refractivity contribution in [2.45, 2.75) is 6.92 Å². The van der Waals surface area contributed by atoms with Gasteiger partial charge in [0.25, 0.3) is 5.91 Å². The van der Waals surface area contributed by atoms with Crippen LogP contribution < -0.4 is 4.90 Å². The maximum absolute atomic E-state index is 13.2. The van der Waals surface area contributed by atoms with Crippen LogP contribution in [0.1, 0.15) is 17.3 Å². The largest absolute Gasteiger partial charge is 0.309 e. The van der Waals surface area contributed by atoms with Gasteiger partial charge in [0, 0.05) is 23.7 Å². The van der Waals surface area contributed by atoms with Crippen molar-refractivity contribution in [2.75, 3.05) is 11.4 Å². The van der Waals surface area contributed by atoms with Crippen LogP contribution in [0.2, 0.25) is 0 Å². The average molecular weight is 267 g/mol. The van der Waals surface area contributed by atoms with E-state index in [1.165, 1.54) is 22.3 Å². The summed E-state index contributed by atoms with van der Waals surface area (Å²) in [7, 11) is 0. The maximum Gasteiger partial charge on any atom is 0.259 e. The number of anilines is 1. The molecule has 0 radical (unpaired) electrons. The van der Waals surface area contributed by atoms with Crippen molar-refractivity contribution in [3.8, 4) is 0 Å². The summed E-state index contributed by atoms with van der Waals surface area (Å²) in [6.45, 7) is 2.17. The molecule has 0 aliphatic carbocycles. The van der Waals surface area contributed by atoms with E-state index in [-0.39, 0.29) is 5.91 Å². The van der Waals surface area contributed by atoms with E-state index in [0.717, 1.165) is 12.1 Å². The Balaban J connectivity index is 2.33. The molecule has 0 aliphatic heterocycles. The third-order valence-electron chi connectivity index (χ3n) is 2.54. The third kappa shape index (κ3) is 2.41. The smallest absolute Gasteiger partial charge is 0.259 e. The zero-order valence-electron chi connectivity index (χ0n) is 9.69. The minimum Gasteiger partial charge on any atom is -0.309 e. The molecule has 2 aromatic rings. The molecule has 1 amide bonds. The van der Waals surface area contributed by atoms with Crippen molar-refractivity contribution < 1.29 is 13.6 Å². The van der Waals surface area contributed by atoms with E-state index < -0.39 is 11.6 Å². The number of amides is 1. The quantitative estimate of drug-likeness (QED) is 0.830. The molecule has 0 atom stereocenters. The van der Waals surface area contributed by atoms with Crippen LogP contribution in [0.15, 0.2) is 35.0 Å². The molecule has 1 aromatic carbocycles. The molecule has 94 valence electrons. The first kappa shape index (κ1) is 12.7. The first-order chi connectivity index (χ1) is 8.63. The first-order valence-corrected chi connectivity index (χ1v) is 6.37. The molecule has 0 N–H and O–H groups in total. The lowest BCUT2D eigenvalue weighted by atomic mass is 10.2. The molecule has 1 heterocycles. The summed E-state index contributed by atoms with van der Waals surface area (Å²) in [5.74, 6) is -2.09. The second-order valence-corrected chi connectivity index (χ2v) is 4.44. The lowest BCUT2D eigenvalue weighted by molar-refractivity contribution is 0.0988. The van der Waals surface area contributed by atoms with Gasteiger partial charge in [0.05, 0.1) is 5.56 Å². The number of halogens is 2. The minimum atomic E-state index is -0.955. The van der Waals surface area contributed by atoms with Gasteiger partial charge in [-0.2, -0.15) is 11.3 Å². The Morgan fingerprint density at radius 1 is 1.28 bits per heavy atom. The van der Waals surface area contributed by atoms with Gasteiger partial charge in [-0.3, -0.25) is 4.79 Å². The fourth-order valence-corrected chi connectivity index (χ4v) is 2.27. The van der Waals surface area contributed by atoms with E-state index in [1.54, 1.807) is 23.8 Å². The summed E-state index contributed by atoms with van der Waals surface area (Å²) < 4.78 is 26.0. The van der Waals surface area contributed by atoms with Crippen molar-refractivity contribution in [3.05, 3.63) is 52.2 Å². The topological polar surface area (TPSA) is 20.3 Å². The van der Waals surface area contributed by atoms with E-state index in [9.17, 15) is 13.6 Å². The summed E-state index contributed by atoms with van der Waals surface area (Å²) in [6, 6.07) is 5.15. The van der Waals surface area contributed by atoms with E-state index in [4.69, 9.17) is 0 Å². The summed E-state index contributed by atoms with van der Waals surface area (Å²) in [4.78, 5) is 13.6. The highest BCUT2D eigenvalue weighted by Gasteiger charge is 2.17. The lowest BCUT2D eigenvalue weighted by Gasteiger charge is -2.20. The van der Waals surface area contributed by atoms with Gasteiger partial charge < -0.3 is 4.90 Å². The molecule has 5 heteroatoms. The monoisotopic (exact) mass is 267 g/mol. The van der Waals surface area contributed by atoms with Crippen molar-refractivity contribution in [1.82, 2.24) is 0 Å². The van der Waals surface area contributed by atoms with Crippen LogP contribution in [0.25, 0.3) is 0 Å². The molecule has 0 aliphatic rings. The molecule has 0 saturated heterocycles. The van der Waals surface area contributed by atoms with Crippen LogP contribution in [0.5, 0.6) is 0 Å². The second kappa shape index (κ2) is 5.27. The second-order valence-electron chi connectivity index (χ2n) is 3.66. The molecule has 0 fully saturated rings. The molecule has 1 aromatic heterocycles. The van der Waals surface area contributed by atoms with Crippen LogP contribution in [-0.4, -0.2) is 12.5 Å². The van der Waals surface area contributed by atoms with Crippen molar-refractivity contribution in [3.63, 3.8) is 0 Å². The van der Waals surface area contributed by atoms with Gasteiger partial charge in [0.15, 0.2) is 11.6 Å². The van der Waals surface area contributed by atoms with E-state index in [2.05, 4.69) is 0 Å². The van der Waals surface area contributed by atoms with Crippen molar-refractivity contribution in [1.29, 1.82) is 0 Å². The number of nitrogens with zero attached hydrogens (tertiary/aromatic N) is 1. The molecule has 0 unspecified atom stereocenters. The Bertz CT molecular complexity index is 554. The number of hydrogen-bond acceptors (Lipinski definition) is 2. The zero-order valence-corrected chi connectivity index (χ0v) is 10.5. The predicted molar refractivity (Wildman–Crippen MR) is 68.0 cm³/mol. The molecular formula is C13H11F2NOS. The zero-order chi connectivity index (χ0) is 13.1. The molecule has 0 bridgehead atoms. The van der Waals surface area contributed by atoms with E-state index in [0.29, 0.717) is 17.8 Å². The van der Waals surface area contributed by atoms with Gasteiger partial charge in [-0.15, -0.1) is 0 Å². The van der Waals surface area contributed by atoms with Crippen LogP contribution in [-0.2, 0) is 0 Å². The van der Waals surface area contributed by atoms with Gasteiger partial charge in [-0.05, 0) is 30.5 Å². The molecule has 0 spiro atoms. The maximum atomic E-state index is 13.2. The normalized spacial score (nSPS) is 10.4. The average Bonchev–Trinajstić information content (AvgIpc) is 2.88. The minimum absolute atomic E-state index is 0.218. The van der Waals surface area contributed by atoms with Gasteiger partial charge in [-0.1, -0.05) is 0 Å². The summed E-state index contributed by atoms with van der Waals surface area (Å²) >= 11 is 1.42. The number of benzene rings is 1. The van der Waals surface area contributed by atoms with Crippen molar-refractivity contribution in [2.24, 2.45) is 0 Å². The summed E-state index contributed by atoms with van der Waals surface area (Å²) in [6.07, 6.45) is 0. The Morgan fingerprint density at radius 2 is 2.06 bits per heavy atom. The Morgan fingerprint density at radius 3 is 2.61 bits per heavy atom. The van der Waals surface area contributed by atoms with Crippen LogP contribution in [0.3, 0.4) is 0 Å². The number of hydrogen-bond donors (Lipinski definition) is 0. The van der Waals surface area contributed by atoms with Crippen LogP contribution in [0, 0.1) is 11.6 Å². The number of thiophene rings is 1. The summed E-state index contributed by atoms with van der Waals surface area (Å²) in [5.41, 5.74) is 0.902. The summed E-state index contributed by atoms with van der Waals surface area (Å²) in [5, 5.41) is 3.52. The standard InChI is InChI=1S/C13H11F2NOS/c1-2-16(13(17)9-5-6-18-8-9)10-3-4-11(14)12(15)7-10/h3-8H,2H2,1H3. The Labute approximate surface area is 107 Å². The molecule has 0 saturated carbocycles. The van der Waals surface area contributed by atoms with E-state index >= 15 is 0 Å². The van der Waals surface area contributed by atoms with E-state index in [1.807, 2.05) is 0 Å². The van der Waals surface area contributed by atoms with Gasteiger partial charge in [-0.25, -0.2) is 8.78 Å². The van der Waals surface area contributed by atoms with Crippen LogP contribution >= 0.6 is 11.3 Å². The SMILES string of the molecule is CCN(C(=O)c1ccsc1)c1ccc(F)c(F)c1. The molecule has 2 rings (SSSR count). The van der Waals surface area contributed by atoms with Gasteiger partial charge in [0.1, 0.15) is 0 Å². The first-order valence-electron chi connectivity index (χ1n) is 5.42. The van der Waals surface area contributed by atoms with Crippen LogP contribution in [0.4, 0.5) is 14.5 Å². The number of carbonyl (C=O) groups excluding carboxylic acids is 1. The van der Waals surface area contributed by atoms with Crippen molar-refractivity contribution >= 4 is 22.9 Å². The fraction of sp³-hybridized carbons (Fsp3) is 0.154. The lowest BCUT2D eigenvalue weighted by Crippen LogP contribution is -2.30. The highest BCUT2D eigenvalue weighted by atomic mass is 32.1. The Kier molecular flexibility index (Phi) is 3.72. The van der Waals surface area contributed by atoms with Gasteiger partial charge in [0.2, 0.25) is 0 Å². The van der Waals surface area contributed by atoms with Gasteiger partial charge >= 0.3 is 0 Å². The number of rotatable bonds is 3. The number of carbonyl (C=O) groups is 1. The highest BCUT2D eigenvalue weighted by molar-refractivity contribution is 7.08. The predicted octanol–water partition coefficient (Wildman–Crippen LogP) is 3.69. The Hall–Kier alpha value is -1.75. The third-order valence-corrected chi connectivity index (χ3v) is 3.23.